The summed E-state index contributed by atoms with van der Waals surface area (Å²) in [5.41, 5.74) is 20.2. The lowest BCUT2D eigenvalue weighted by molar-refractivity contribution is 0.0601. The number of carbonyl (C=O) groups is 1. The van der Waals surface area contributed by atoms with Gasteiger partial charge in [-0.05, 0) is 134 Å². The van der Waals surface area contributed by atoms with Crippen molar-refractivity contribution in [1.82, 2.24) is 0 Å². The van der Waals surface area contributed by atoms with Gasteiger partial charge in [0.1, 0.15) is 33.5 Å². The molecule has 6 nitrogen and oxygen atoms in total. The number of rotatable bonds is 6. The smallest absolute Gasteiger partial charge is 0.340 e. The first-order chi connectivity index (χ1) is 36.6. The summed E-state index contributed by atoms with van der Waals surface area (Å²) in [6.45, 7) is 0. The second-order valence-corrected chi connectivity index (χ2v) is 19.0. The molecule has 0 fully saturated rings. The van der Waals surface area contributed by atoms with Crippen molar-refractivity contribution in [2.45, 2.75) is 0 Å². The zero-order valence-corrected chi connectivity index (χ0v) is 39.9. The third kappa shape index (κ3) is 6.35. The summed E-state index contributed by atoms with van der Waals surface area (Å²) in [6, 6.07) is 80.1. The molecule has 0 unspecified atom stereocenters. The van der Waals surface area contributed by atoms with Crippen LogP contribution in [0.2, 0.25) is 0 Å². The fourth-order valence-electron chi connectivity index (χ4n) is 11.6. The van der Waals surface area contributed by atoms with Gasteiger partial charge in [-0.1, -0.05) is 152 Å². The molecule has 1 aliphatic heterocycles. The molecule has 1 aliphatic rings. The van der Waals surface area contributed by atoms with Crippen LogP contribution in [-0.2, 0) is 4.74 Å². The molecule has 14 aromatic rings. The highest BCUT2D eigenvalue weighted by molar-refractivity contribution is 6.17. The van der Waals surface area contributed by atoms with Gasteiger partial charge in [-0.25, -0.2) is 4.79 Å². The number of fused-ring (bicyclic) bond motifs is 14. The minimum absolute atomic E-state index is 0.435. The van der Waals surface area contributed by atoms with Crippen LogP contribution in [0.1, 0.15) is 10.4 Å². The van der Waals surface area contributed by atoms with Gasteiger partial charge in [-0.3, -0.25) is 0 Å². The fraction of sp³-hybridized carbons (Fsp3) is 0.0147. The van der Waals surface area contributed by atoms with Crippen molar-refractivity contribution in [2.75, 3.05) is 12.0 Å². The van der Waals surface area contributed by atoms with Crippen molar-refractivity contribution >= 4 is 88.8 Å². The second kappa shape index (κ2) is 16.3. The van der Waals surface area contributed by atoms with E-state index in [-0.39, 0.29) is 0 Å². The van der Waals surface area contributed by atoms with Gasteiger partial charge >= 0.3 is 5.97 Å². The van der Waals surface area contributed by atoms with E-state index in [0.29, 0.717) is 11.3 Å². The number of para-hydroxylation sites is 3. The molecular weight excluding hydrogens is 911 g/mol. The summed E-state index contributed by atoms with van der Waals surface area (Å²) < 4.78 is 25.0. The van der Waals surface area contributed by atoms with Crippen LogP contribution in [0.15, 0.2) is 244 Å². The van der Waals surface area contributed by atoms with E-state index in [9.17, 15) is 4.79 Å². The molecule has 0 bridgehead atoms. The number of carbonyl (C=O) groups excluding carboxylic acids is 1. The minimum Gasteiger partial charge on any atom is -0.465 e. The first-order valence-electron chi connectivity index (χ1n) is 24.8. The molecular formula is C68H41NO5. The first kappa shape index (κ1) is 41.8. The van der Waals surface area contributed by atoms with Crippen LogP contribution in [0.4, 0.5) is 17.1 Å². The van der Waals surface area contributed by atoms with Crippen LogP contribution in [0, 0.1) is 0 Å². The molecule has 0 spiro atoms. The van der Waals surface area contributed by atoms with E-state index in [1.54, 1.807) is 0 Å². The molecule has 11 aromatic carbocycles. The lowest BCUT2D eigenvalue weighted by atomic mass is 9.87. The molecule has 0 N–H and O–H groups in total. The van der Waals surface area contributed by atoms with E-state index in [1.807, 2.05) is 78.9 Å². The van der Waals surface area contributed by atoms with Crippen molar-refractivity contribution in [3.8, 4) is 66.8 Å². The highest BCUT2D eigenvalue weighted by Crippen LogP contribution is 2.55. The van der Waals surface area contributed by atoms with Crippen LogP contribution >= 0.6 is 0 Å². The van der Waals surface area contributed by atoms with E-state index in [2.05, 4.69) is 157 Å². The highest BCUT2D eigenvalue weighted by atomic mass is 16.5. The van der Waals surface area contributed by atoms with E-state index >= 15 is 0 Å². The Labute approximate surface area is 424 Å². The van der Waals surface area contributed by atoms with Crippen molar-refractivity contribution in [1.29, 1.82) is 0 Å². The summed E-state index contributed by atoms with van der Waals surface area (Å²) in [6.07, 6.45) is 0. The standard InChI is InChI=1S/C68H41NO5/c1-71-68(70)55-36-41(40-14-3-2-4-15-40)29-33-58(55)69-56-34-30-43(46-20-12-26-63-66(46)50-17-6-9-23-60(50)73-63)38-53(56)48-32-28-42(45-19-11-25-62-65(45)49-16-5-8-22-59(49)72-62)37-52(48)54-39-44(31-35-57(54)69)47-21-13-27-64-67(47)51-18-7-10-24-61(51)74-64/h2-39H,1H3. The Kier molecular flexibility index (Phi) is 9.22. The van der Waals surface area contributed by atoms with Crippen LogP contribution < -0.4 is 4.90 Å². The highest BCUT2D eigenvalue weighted by Gasteiger charge is 2.31. The van der Waals surface area contributed by atoms with E-state index in [0.717, 1.165) is 144 Å². The molecule has 0 atom stereocenters. The van der Waals surface area contributed by atoms with Crippen molar-refractivity contribution < 1.29 is 22.8 Å². The number of anilines is 3. The van der Waals surface area contributed by atoms with Gasteiger partial charge < -0.3 is 22.9 Å². The zero-order chi connectivity index (χ0) is 49.0. The molecule has 4 heterocycles. The number of ether oxygens (including phenoxy) is 1. The van der Waals surface area contributed by atoms with Gasteiger partial charge in [0.05, 0.1) is 29.7 Å². The van der Waals surface area contributed by atoms with Crippen molar-refractivity contribution in [3.63, 3.8) is 0 Å². The van der Waals surface area contributed by atoms with Gasteiger partial charge in [0.15, 0.2) is 0 Å². The predicted molar refractivity (Wildman–Crippen MR) is 300 cm³/mol. The van der Waals surface area contributed by atoms with Gasteiger partial charge in [-0.15, -0.1) is 0 Å². The molecule has 0 saturated heterocycles. The lowest BCUT2D eigenvalue weighted by Gasteiger charge is -2.29. The Morgan fingerprint density at radius 2 is 0.730 bits per heavy atom. The van der Waals surface area contributed by atoms with Gasteiger partial charge in [-0.2, -0.15) is 0 Å². The minimum atomic E-state index is -0.435. The quantitative estimate of drug-likeness (QED) is 0.155. The first-order valence-corrected chi connectivity index (χ1v) is 24.8. The number of esters is 1. The number of nitrogens with zero attached hydrogens (tertiary/aromatic N) is 1. The zero-order valence-electron chi connectivity index (χ0n) is 39.9. The van der Waals surface area contributed by atoms with E-state index < -0.39 is 5.97 Å². The topological polar surface area (TPSA) is 69.0 Å². The Balaban J connectivity index is 1.05. The number of hydrogen-bond donors (Lipinski definition) is 0. The van der Waals surface area contributed by atoms with Crippen LogP contribution in [0.5, 0.6) is 0 Å². The van der Waals surface area contributed by atoms with Crippen molar-refractivity contribution in [3.05, 3.63) is 236 Å². The summed E-state index contributed by atoms with van der Waals surface area (Å²) in [4.78, 5) is 16.6. The molecule has 0 saturated carbocycles. The lowest BCUT2D eigenvalue weighted by Crippen LogP contribution is -2.16. The maximum Gasteiger partial charge on any atom is 0.340 e. The van der Waals surface area contributed by atoms with Crippen LogP contribution in [-0.4, -0.2) is 13.1 Å². The second-order valence-electron chi connectivity index (χ2n) is 19.0. The van der Waals surface area contributed by atoms with Crippen LogP contribution in [0.3, 0.4) is 0 Å². The van der Waals surface area contributed by atoms with Gasteiger partial charge in [0.25, 0.3) is 0 Å². The monoisotopic (exact) mass is 951 g/mol. The molecule has 0 radical (unpaired) electrons. The SMILES string of the molecule is COC(=O)c1cc(-c2ccccc2)ccc1N1c2ccc(-c3cccc4oc5ccccc5c34)cc2-c2ccc(-c3cccc4oc5ccccc5c34)cc2-c2cc(-c3cccc4oc5ccccc5c34)ccc21. The maximum atomic E-state index is 14.4. The van der Waals surface area contributed by atoms with Crippen LogP contribution in [0.25, 0.3) is 133 Å². The summed E-state index contributed by atoms with van der Waals surface area (Å²) in [5, 5.41) is 6.35. The molecule has 0 amide bonds. The van der Waals surface area contributed by atoms with E-state index in [1.165, 1.54) is 7.11 Å². The Morgan fingerprint density at radius 1 is 0.324 bits per heavy atom. The maximum absolute atomic E-state index is 14.4. The summed E-state index contributed by atoms with van der Waals surface area (Å²) >= 11 is 0. The number of hydrogen-bond acceptors (Lipinski definition) is 6. The largest absolute Gasteiger partial charge is 0.465 e. The summed E-state index contributed by atoms with van der Waals surface area (Å²) in [5.74, 6) is -0.435. The normalized spacial score (nSPS) is 12.1. The number of benzene rings is 11. The van der Waals surface area contributed by atoms with Crippen molar-refractivity contribution in [2.24, 2.45) is 0 Å². The Bertz CT molecular complexity index is 4630. The molecule has 15 rings (SSSR count). The molecule has 6 heteroatoms. The molecule has 3 aromatic heterocycles. The Morgan fingerprint density at radius 3 is 1.23 bits per heavy atom. The average molecular weight is 952 g/mol. The molecule has 348 valence electrons. The molecule has 74 heavy (non-hydrogen) atoms. The fourth-order valence-corrected chi connectivity index (χ4v) is 11.6. The van der Waals surface area contributed by atoms with Gasteiger partial charge in [0, 0.05) is 43.4 Å². The van der Waals surface area contributed by atoms with Gasteiger partial charge in [0.2, 0.25) is 0 Å². The third-order valence-corrected chi connectivity index (χ3v) is 15.0. The predicted octanol–water partition coefficient (Wildman–Crippen LogP) is 19.0. The third-order valence-electron chi connectivity index (χ3n) is 15.0. The average Bonchev–Trinajstić information content (AvgIpc) is 4.18. The number of methoxy groups -OCH3 is 1. The Hall–Kier alpha value is -9.91. The van der Waals surface area contributed by atoms with E-state index in [4.69, 9.17) is 18.0 Å². The summed E-state index contributed by atoms with van der Waals surface area (Å²) in [7, 11) is 1.45. The number of furan rings is 3. The molecule has 0 aliphatic carbocycles.